The van der Waals surface area contributed by atoms with Crippen molar-refractivity contribution in [3.63, 3.8) is 0 Å². The van der Waals surface area contributed by atoms with Crippen LogP contribution in [0.25, 0.3) is 0 Å². The van der Waals surface area contributed by atoms with Crippen molar-refractivity contribution in [1.29, 1.82) is 5.26 Å². The van der Waals surface area contributed by atoms with Gasteiger partial charge in [0.2, 0.25) is 0 Å². The van der Waals surface area contributed by atoms with Crippen molar-refractivity contribution in [3.8, 4) is 11.8 Å². The third kappa shape index (κ3) is 4.44. The summed E-state index contributed by atoms with van der Waals surface area (Å²) in [6.45, 7) is 0.964. The van der Waals surface area contributed by atoms with E-state index in [0.717, 1.165) is 0 Å². The smallest absolute Gasteiger partial charge is 0.259 e. The summed E-state index contributed by atoms with van der Waals surface area (Å²) in [5, 5.41) is 21.7. The number of hydrogen-bond donors (Lipinski definition) is 2. The number of amides is 1. The van der Waals surface area contributed by atoms with Crippen LogP contribution >= 0.6 is 11.6 Å². The minimum Gasteiger partial charge on any atom is -0.490 e. The zero-order chi connectivity index (χ0) is 17.7. The van der Waals surface area contributed by atoms with Gasteiger partial charge in [-0.3, -0.25) is 4.79 Å². The van der Waals surface area contributed by atoms with Crippen LogP contribution in [0.3, 0.4) is 0 Å². The first kappa shape index (κ1) is 17.7. The van der Waals surface area contributed by atoms with Crippen LogP contribution in [0, 0.1) is 17.1 Å². The van der Waals surface area contributed by atoms with E-state index >= 15 is 0 Å². The Balaban J connectivity index is 2.00. The van der Waals surface area contributed by atoms with E-state index in [1.807, 2.05) is 6.07 Å². The molecule has 0 aliphatic carbocycles. The number of carbonyl (C=O) groups is 1. The lowest BCUT2D eigenvalue weighted by Gasteiger charge is -2.22. The molecule has 0 bridgehead atoms. The Morgan fingerprint density at radius 3 is 2.62 bits per heavy atom. The number of halogens is 2. The van der Waals surface area contributed by atoms with E-state index in [1.54, 1.807) is 0 Å². The van der Waals surface area contributed by atoms with Gasteiger partial charge in [0.25, 0.3) is 5.91 Å². The van der Waals surface area contributed by atoms with Crippen molar-refractivity contribution in [1.82, 2.24) is 0 Å². The molecule has 1 atom stereocenters. The Morgan fingerprint density at radius 2 is 2.04 bits per heavy atom. The van der Waals surface area contributed by atoms with E-state index in [1.165, 1.54) is 49.4 Å². The maximum Gasteiger partial charge on any atom is 0.259 e. The lowest BCUT2D eigenvalue weighted by Crippen LogP contribution is -2.45. The molecule has 0 saturated heterocycles. The number of carbonyl (C=O) groups excluding carboxylic acids is 1. The molecule has 0 aromatic heterocycles. The zero-order valence-corrected chi connectivity index (χ0v) is 13.5. The molecule has 0 saturated carbocycles. The van der Waals surface area contributed by atoms with Gasteiger partial charge in [0.1, 0.15) is 24.2 Å². The number of hydrogen-bond acceptors (Lipinski definition) is 4. The molecule has 0 radical (unpaired) electrons. The number of nitriles is 1. The molecule has 0 unspecified atom stereocenters. The van der Waals surface area contributed by atoms with E-state index in [9.17, 15) is 14.3 Å². The highest BCUT2D eigenvalue weighted by Gasteiger charge is 2.31. The maximum atomic E-state index is 12.8. The molecule has 124 valence electrons. The third-order valence-electron chi connectivity index (χ3n) is 3.17. The topological polar surface area (TPSA) is 82.3 Å². The summed E-state index contributed by atoms with van der Waals surface area (Å²) >= 11 is 5.89. The van der Waals surface area contributed by atoms with Crippen molar-refractivity contribution in [2.24, 2.45) is 0 Å². The molecule has 0 heterocycles. The predicted molar refractivity (Wildman–Crippen MR) is 87.3 cm³/mol. The first-order valence-electron chi connectivity index (χ1n) is 6.94. The molecule has 2 N–H and O–H groups in total. The molecule has 5 nitrogen and oxygen atoms in total. The van der Waals surface area contributed by atoms with Crippen LogP contribution in [-0.2, 0) is 4.79 Å². The van der Waals surface area contributed by atoms with Gasteiger partial charge in [-0.25, -0.2) is 4.39 Å². The van der Waals surface area contributed by atoms with Crippen LogP contribution in [0.2, 0.25) is 5.02 Å². The highest BCUT2D eigenvalue weighted by molar-refractivity contribution is 6.32. The fourth-order valence-corrected chi connectivity index (χ4v) is 1.99. The molecule has 2 aromatic rings. The number of nitrogens with zero attached hydrogens (tertiary/aromatic N) is 1. The quantitative estimate of drug-likeness (QED) is 0.869. The first-order valence-corrected chi connectivity index (χ1v) is 7.31. The van der Waals surface area contributed by atoms with Crippen LogP contribution in [0.15, 0.2) is 42.5 Å². The lowest BCUT2D eigenvalue weighted by atomic mass is 10.1. The lowest BCUT2D eigenvalue weighted by molar-refractivity contribution is -0.135. The molecule has 1 amide bonds. The zero-order valence-electron chi connectivity index (χ0n) is 12.7. The van der Waals surface area contributed by atoms with Gasteiger partial charge in [-0.15, -0.1) is 0 Å². The largest absolute Gasteiger partial charge is 0.490 e. The number of aliphatic hydroxyl groups is 1. The molecule has 0 spiro atoms. The minimum atomic E-state index is -1.82. The molecule has 0 aliphatic heterocycles. The van der Waals surface area contributed by atoms with Crippen molar-refractivity contribution in [2.45, 2.75) is 12.5 Å². The Bertz CT molecular complexity index is 785. The summed E-state index contributed by atoms with van der Waals surface area (Å²) in [5.41, 5.74) is -1.21. The third-order valence-corrected chi connectivity index (χ3v) is 3.48. The maximum absolute atomic E-state index is 12.8. The van der Waals surface area contributed by atoms with Crippen LogP contribution in [-0.4, -0.2) is 23.2 Å². The molecule has 7 heteroatoms. The average Bonchev–Trinajstić information content (AvgIpc) is 2.54. The van der Waals surface area contributed by atoms with Gasteiger partial charge in [0.15, 0.2) is 5.60 Å². The molecule has 2 aromatic carbocycles. The molecule has 24 heavy (non-hydrogen) atoms. The van der Waals surface area contributed by atoms with Gasteiger partial charge in [0, 0.05) is 5.69 Å². The fourth-order valence-electron chi connectivity index (χ4n) is 1.77. The van der Waals surface area contributed by atoms with Gasteiger partial charge in [-0.2, -0.15) is 5.26 Å². The van der Waals surface area contributed by atoms with Gasteiger partial charge >= 0.3 is 0 Å². The number of anilines is 1. The van der Waals surface area contributed by atoms with Crippen LogP contribution in [0.1, 0.15) is 12.5 Å². The summed E-state index contributed by atoms with van der Waals surface area (Å²) in [6, 6.07) is 11.5. The Labute approximate surface area is 143 Å². The fraction of sp³-hybridized carbons (Fsp3) is 0.176. The number of ether oxygens (including phenoxy) is 1. The van der Waals surface area contributed by atoms with E-state index in [4.69, 9.17) is 21.6 Å². The van der Waals surface area contributed by atoms with E-state index < -0.39 is 17.3 Å². The van der Waals surface area contributed by atoms with E-state index in [-0.39, 0.29) is 17.2 Å². The second-order valence-corrected chi connectivity index (χ2v) is 5.68. The molecular weight excluding hydrogens is 335 g/mol. The van der Waals surface area contributed by atoms with Gasteiger partial charge in [-0.1, -0.05) is 11.6 Å². The highest BCUT2D eigenvalue weighted by Crippen LogP contribution is 2.21. The average molecular weight is 349 g/mol. The predicted octanol–water partition coefficient (Wildman–Crippen LogP) is 3.12. The van der Waals surface area contributed by atoms with E-state index in [2.05, 4.69) is 5.32 Å². The summed E-state index contributed by atoms with van der Waals surface area (Å²) in [6.07, 6.45) is 0. The summed E-state index contributed by atoms with van der Waals surface area (Å²) in [4.78, 5) is 12.2. The summed E-state index contributed by atoms with van der Waals surface area (Å²) in [7, 11) is 0. The SMILES string of the molecule is C[C@](O)(COc1ccc(F)cc1)C(=O)Nc1ccc(C#N)c(Cl)c1. The van der Waals surface area contributed by atoms with Crippen LogP contribution in [0.5, 0.6) is 5.75 Å². The van der Waals surface area contributed by atoms with Gasteiger partial charge in [-0.05, 0) is 49.4 Å². The van der Waals surface area contributed by atoms with E-state index in [0.29, 0.717) is 11.4 Å². The normalized spacial score (nSPS) is 12.8. The molecule has 2 rings (SSSR count). The summed E-state index contributed by atoms with van der Waals surface area (Å²) < 4.78 is 18.1. The van der Waals surface area contributed by atoms with Gasteiger partial charge in [0.05, 0.1) is 10.6 Å². The second kappa shape index (κ2) is 7.30. The Hall–Kier alpha value is -2.62. The van der Waals surface area contributed by atoms with Crippen molar-refractivity contribution < 1.29 is 19.0 Å². The monoisotopic (exact) mass is 348 g/mol. The van der Waals surface area contributed by atoms with Gasteiger partial charge < -0.3 is 15.2 Å². The summed E-state index contributed by atoms with van der Waals surface area (Å²) in [5.74, 6) is -0.791. The first-order chi connectivity index (χ1) is 11.3. The second-order valence-electron chi connectivity index (χ2n) is 5.28. The van der Waals surface area contributed by atoms with Crippen LogP contribution in [0.4, 0.5) is 10.1 Å². The van der Waals surface area contributed by atoms with Crippen molar-refractivity contribution >= 4 is 23.2 Å². The van der Waals surface area contributed by atoms with Crippen molar-refractivity contribution in [3.05, 3.63) is 58.9 Å². The minimum absolute atomic E-state index is 0.192. The molecule has 0 fully saturated rings. The number of nitrogens with one attached hydrogen (secondary N) is 1. The Morgan fingerprint density at radius 1 is 1.38 bits per heavy atom. The Kier molecular flexibility index (Phi) is 5.39. The number of benzene rings is 2. The standard InChI is InChI=1S/C17H14ClFN2O3/c1-17(23,10-24-14-6-3-12(19)4-7-14)16(22)21-13-5-2-11(9-20)15(18)8-13/h2-8,23H,10H2,1H3,(H,21,22)/t17-/m0/s1. The molecular formula is C17H14ClFN2O3. The number of rotatable bonds is 5. The molecule has 0 aliphatic rings. The van der Waals surface area contributed by atoms with Crippen LogP contribution < -0.4 is 10.1 Å². The van der Waals surface area contributed by atoms with Crippen molar-refractivity contribution in [2.75, 3.05) is 11.9 Å². The highest BCUT2D eigenvalue weighted by atomic mass is 35.5.